The molecule has 0 atom stereocenters. The first-order valence-corrected chi connectivity index (χ1v) is 14.3. The van der Waals surface area contributed by atoms with E-state index in [1.807, 2.05) is 60.0 Å². The van der Waals surface area contributed by atoms with Crippen molar-refractivity contribution in [3.05, 3.63) is 106 Å². The molecule has 0 amide bonds. The number of benzene rings is 3. The number of aromatic amines is 1. The molecule has 2 heterocycles. The highest BCUT2D eigenvalue weighted by molar-refractivity contribution is 6.30. The maximum absolute atomic E-state index is 13.6. The molecule has 0 aliphatic heterocycles. The minimum atomic E-state index is -4.85. The predicted octanol–water partition coefficient (Wildman–Crippen LogP) is 8.53. The monoisotopic (exact) mass is 648 g/mol. The fourth-order valence-corrected chi connectivity index (χ4v) is 5.21. The van der Waals surface area contributed by atoms with Crippen LogP contribution in [0.25, 0.3) is 22.5 Å². The van der Waals surface area contributed by atoms with Gasteiger partial charge >= 0.3 is 12.4 Å². The van der Waals surface area contributed by atoms with Gasteiger partial charge < -0.3 is 9.30 Å². The van der Waals surface area contributed by atoms with E-state index in [0.717, 1.165) is 35.1 Å². The Morgan fingerprint density at radius 1 is 0.889 bits per heavy atom. The lowest BCUT2D eigenvalue weighted by molar-refractivity contribution is -0.142. The van der Waals surface area contributed by atoms with Gasteiger partial charge in [-0.1, -0.05) is 73.5 Å². The Kier molecular flexibility index (Phi) is 9.59. The molecule has 0 saturated carbocycles. The van der Waals surface area contributed by atoms with Gasteiger partial charge in [-0.3, -0.25) is 0 Å². The van der Waals surface area contributed by atoms with E-state index in [1.165, 1.54) is 0 Å². The normalized spacial score (nSPS) is 12.2. The van der Waals surface area contributed by atoms with E-state index < -0.39 is 35.6 Å². The molecule has 5 rings (SSSR count). The maximum Gasteiger partial charge on any atom is 0.416 e. The van der Waals surface area contributed by atoms with E-state index in [9.17, 15) is 26.3 Å². The zero-order valence-corrected chi connectivity index (χ0v) is 24.6. The molecule has 3 aromatic carbocycles. The standard InChI is InChI=1S/C31H27ClF6N6O/c1-2-3-8-27-39-28(32)26(18-45-17-21-15-22(30(33,34)35)13-14-25(21)31(36,37)38)44(27)16-19-9-11-20(12-10-19)23-6-4-5-7-24(23)29-40-42-43-41-29/h4-7,9-15H,2-3,8,16-18H2,1H3,(H,40,41,42,43). The van der Waals surface area contributed by atoms with Crippen LogP contribution >= 0.6 is 11.6 Å². The Morgan fingerprint density at radius 3 is 2.27 bits per heavy atom. The van der Waals surface area contributed by atoms with Crippen LogP contribution in [0, 0.1) is 0 Å². The Morgan fingerprint density at radius 2 is 1.62 bits per heavy atom. The number of aryl methyl sites for hydroxylation is 1. The van der Waals surface area contributed by atoms with E-state index in [-0.39, 0.29) is 11.8 Å². The lowest BCUT2D eigenvalue weighted by atomic mass is 9.98. The van der Waals surface area contributed by atoms with Gasteiger partial charge in [0, 0.05) is 18.5 Å². The number of H-pyrrole nitrogens is 1. The smallest absolute Gasteiger partial charge is 0.370 e. The van der Waals surface area contributed by atoms with Crippen LogP contribution in [0.2, 0.25) is 5.15 Å². The molecular weight excluding hydrogens is 622 g/mol. The highest BCUT2D eigenvalue weighted by Gasteiger charge is 2.37. The van der Waals surface area contributed by atoms with Crippen molar-refractivity contribution in [1.82, 2.24) is 30.2 Å². The van der Waals surface area contributed by atoms with Gasteiger partial charge in [-0.2, -0.15) is 31.6 Å². The maximum atomic E-state index is 13.6. The Balaban J connectivity index is 1.39. The molecule has 0 radical (unpaired) electrons. The van der Waals surface area contributed by atoms with Gasteiger partial charge in [0.05, 0.1) is 30.0 Å². The molecule has 14 heteroatoms. The van der Waals surface area contributed by atoms with Crippen LogP contribution in [-0.2, 0) is 43.3 Å². The van der Waals surface area contributed by atoms with E-state index in [2.05, 4.69) is 25.6 Å². The lowest BCUT2D eigenvalue weighted by Crippen LogP contribution is -2.14. The van der Waals surface area contributed by atoms with Gasteiger partial charge in [0.2, 0.25) is 5.82 Å². The number of halogens is 7. The van der Waals surface area contributed by atoms with Crippen molar-refractivity contribution in [3.8, 4) is 22.5 Å². The number of rotatable bonds is 11. The Labute approximate surface area is 259 Å². The molecule has 7 nitrogen and oxygen atoms in total. The first-order valence-electron chi connectivity index (χ1n) is 14.0. The third kappa shape index (κ3) is 7.54. The molecule has 45 heavy (non-hydrogen) atoms. The molecule has 236 valence electrons. The van der Waals surface area contributed by atoms with Crippen LogP contribution in [0.1, 0.15) is 53.5 Å². The van der Waals surface area contributed by atoms with E-state index in [0.29, 0.717) is 48.5 Å². The third-order valence-electron chi connectivity index (χ3n) is 7.21. The Hall–Kier alpha value is -4.23. The number of nitrogens with zero attached hydrogens (tertiary/aromatic N) is 5. The number of aromatic nitrogens is 6. The number of imidazole rings is 1. The van der Waals surface area contributed by atoms with Gasteiger partial charge in [0.25, 0.3) is 0 Å². The summed E-state index contributed by atoms with van der Waals surface area (Å²) in [5.74, 6) is 1.13. The number of unbranched alkanes of at least 4 members (excludes halogenated alkanes) is 1. The van der Waals surface area contributed by atoms with Crippen molar-refractivity contribution in [2.24, 2.45) is 0 Å². The summed E-state index contributed by atoms with van der Waals surface area (Å²) in [7, 11) is 0. The van der Waals surface area contributed by atoms with Crippen molar-refractivity contribution in [3.63, 3.8) is 0 Å². The highest BCUT2D eigenvalue weighted by Crippen LogP contribution is 2.37. The minimum absolute atomic E-state index is 0.117. The molecule has 0 fully saturated rings. The van der Waals surface area contributed by atoms with Crippen LogP contribution in [0.5, 0.6) is 0 Å². The second kappa shape index (κ2) is 13.4. The second-order valence-electron chi connectivity index (χ2n) is 10.3. The minimum Gasteiger partial charge on any atom is -0.370 e. The molecule has 0 spiro atoms. The van der Waals surface area contributed by atoms with Crippen LogP contribution in [0.4, 0.5) is 26.3 Å². The second-order valence-corrected chi connectivity index (χ2v) is 10.7. The molecule has 0 bridgehead atoms. The summed E-state index contributed by atoms with van der Waals surface area (Å²) in [5, 5.41) is 14.4. The number of hydrogen-bond donors (Lipinski definition) is 1. The summed E-state index contributed by atoms with van der Waals surface area (Å²) in [4.78, 5) is 4.48. The van der Waals surface area contributed by atoms with Gasteiger partial charge in [0.15, 0.2) is 5.15 Å². The Bertz CT molecular complexity index is 1730. The molecule has 1 N–H and O–H groups in total. The first kappa shape index (κ1) is 32.2. The van der Waals surface area contributed by atoms with Crippen molar-refractivity contribution in [1.29, 1.82) is 0 Å². The van der Waals surface area contributed by atoms with Crippen molar-refractivity contribution in [2.75, 3.05) is 0 Å². The number of tetrazole rings is 1. The lowest BCUT2D eigenvalue weighted by Gasteiger charge is -2.17. The molecule has 0 aliphatic carbocycles. The van der Waals surface area contributed by atoms with E-state index >= 15 is 0 Å². The largest absolute Gasteiger partial charge is 0.416 e. The number of ether oxygens (including phenoxy) is 1. The fourth-order valence-electron chi connectivity index (χ4n) is 4.96. The van der Waals surface area contributed by atoms with Crippen molar-refractivity contribution in [2.45, 2.75) is 58.3 Å². The molecule has 5 aromatic rings. The summed E-state index contributed by atoms with van der Waals surface area (Å²) >= 11 is 6.48. The zero-order valence-electron chi connectivity index (χ0n) is 23.9. The zero-order chi connectivity index (χ0) is 32.2. The van der Waals surface area contributed by atoms with E-state index in [4.69, 9.17) is 16.3 Å². The summed E-state index contributed by atoms with van der Waals surface area (Å²) in [6.07, 6.45) is -7.36. The van der Waals surface area contributed by atoms with Crippen LogP contribution in [0.15, 0.2) is 66.7 Å². The molecule has 0 saturated heterocycles. The summed E-state index contributed by atoms with van der Waals surface area (Å²) in [6.45, 7) is 1.39. The topological polar surface area (TPSA) is 81.5 Å². The predicted molar refractivity (Wildman–Crippen MR) is 155 cm³/mol. The number of nitrogens with one attached hydrogen (secondary N) is 1. The molecular formula is C31H27ClF6N6O. The highest BCUT2D eigenvalue weighted by atomic mass is 35.5. The molecule has 2 aromatic heterocycles. The first-order chi connectivity index (χ1) is 21.5. The van der Waals surface area contributed by atoms with Gasteiger partial charge in [-0.05, 0) is 52.1 Å². The molecule has 0 unspecified atom stereocenters. The summed E-state index contributed by atoms with van der Waals surface area (Å²) in [6, 6.07) is 16.7. The van der Waals surface area contributed by atoms with E-state index in [1.54, 1.807) is 0 Å². The summed E-state index contributed by atoms with van der Waals surface area (Å²) < 4.78 is 87.9. The average Bonchev–Trinajstić information content (AvgIpc) is 3.64. The SMILES string of the molecule is CCCCc1nc(Cl)c(COCc2cc(C(F)(F)F)ccc2C(F)(F)F)n1Cc1ccc(-c2ccccc2-c2nn[nH]n2)cc1. The average molecular weight is 649 g/mol. The number of hydrogen-bond acceptors (Lipinski definition) is 5. The van der Waals surface area contributed by atoms with Gasteiger partial charge in [-0.15, -0.1) is 10.2 Å². The van der Waals surface area contributed by atoms with Crippen molar-refractivity contribution >= 4 is 11.6 Å². The van der Waals surface area contributed by atoms with Crippen molar-refractivity contribution < 1.29 is 31.1 Å². The quantitative estimate of drug-likeness (QED) is 0.145. The van der Waals surface area contributed by atoms with Gasteiger partial charge in [0.1, 0.15) is 5.82 Å². The number of alkyl halides is 6. The third-order valence-corrected chi connectivity index (χ3v) is 7.51. The molecule has 0 aliphatic rings. The van der Waals surface area contributed by atoms with Gasteiger partial charge in [-0.25, -0.2) is 4.98 Å². The van der Waals surface area contributed by atoms with Crippen LogP contribution in [-0.4, -0.2) is 30.2 Å². The van der Waals surface area contributed by atoms with Crippen LogP contribution < -0.4 is 0 Å². The van der Waals surface area contributed by atoms with Crippen LogP contribution in [0.3, 0.4) is 0 Å². The fraction of sp³-hybridized carbons (Fsp3) is 0.290. The summed E-state index contributed by atoms with van der Waals surface area (Å²) in [5.41, 5.74) is 0.914.